The Morgan fingerprint density at radius 3 is 2.00 bits per heavy atom. The SMILES string of the molecule is Nc1nc(N)nc(COC(=O)c2ccc(Oc3ccc(F)cc3)cc2)n1. The zero-order chi connectivity index (χ0) is 18.5. The topological polar surface area (TPSA) is 126 Å². The monoisotopic (exact) mass is 355 g/mol. The second kappa shape index (κ2) is 7.43. The molecule has 132 valence electrons. The Hall–Kier alpha value is -3.75. The van der Waals surface area contributed by atoms with E-state index >= 15 is 0 Å². The standard InChI is InChI=1S/C17H14FN5O3/c18-11-3-7-13(8-4-11)26-12-5-1-10(2-6-12)15(24)25-9-14-21-16(19)23-17(20)22-14/h1-8H,9H2,(H4,19,20,21,22,23). The van der Waals surface area contributed by atoms with E-state index in [1.807, 2.05) is 0 Å². The van der Waals surface area contributed by atoms with Gasteiger partial charge in [0.2, 0.25) is 11.9 Å². The van der Waals surface area contributed by atoms with Crippen LogP contribution >= 0.6 is 0 Å². The van der Waals surface area contributed by atoms with Crippen LogP contribution in [0.4, 0.5) is 16.3 Å². The number of anilines is 2. The lowest BCUT2D eigenvalue weighted by molar-refractivity contribution is 0.0462. The lowest BCUT2D eigenvalue weighted by atomic mass is 10.2. The van der Waals surface area contributed by atoms with Crippen molar-refractivity contribution in [3.8, 4) is 11.5 Å². The van der Waals surface area contributed by atoms with Crippen LogP contribution in [0.1, 0.15) is 16.2 Å². The summed E-state index contributed by atoms with van der Waals surface area (Å²) >= 11 is 0. The van der Waals surface area contributed by atoms with E-state index in [-0.39, 0.29) is 30.1 Å². The van der Waals surface area contributed by atoms with Gasteiger partial charge in [-0.15, -0.1) is 0 Å². The third kappa shape index (κ3) is 4.41. The van der Waals surface area contributed by atoms with Gasteiger partial charge < -0.3 is 20.9 Å². The van der Waals surface area contributed by atoms with Crippen LogP contribution in [0.3, 0.4) is 0 Å². The van der Waals surface area contributed by atoms with Crippen molar-refractivity contribution in [2.75, 3.05) is 11.5 Å². The number of nitrogens with two attached hydrogens (primary N) is 2. The smallest absolute Gasteiger partial charge is 0.338 e. The van der Waals surface area contributed by atoms with Crippen LogP contribution in [0.2, 0.25) is 0 Å². The molecule has 0 fully saturated rings. The van der Waals surface area contributed by atoms with E-state index in [2.05, 4.69) is 15.0 Å². The molecule has 0 spiro atoms. The van der Waals surface area contributed by atoms with Crippen molar-refractivity contribution in [2.24, 2.45) is 0 Å². The Morgan fingerprint density at radius 1 is 0.885 bits per heavy atom. The Balaban J connectivity index is 1.60. The first-order valence-electron chi connectivity index (χ1n) is 7.46. The van der Waals surface area contributed by atoms with Gasteiger partial charge in [-0.3, -0.25) is 0 Å². The second-order valence-corrected chi connectivity index (χ2v) is 5.12. The summed E-state index contributed by atoms with van der Waals surface area (Å²) in [4.78, 5) is 23.3. The molecule has 0 unspecified atom stereocenters. The average Bonchev–Trinajstić information content (AvgIpc) is 2.61. The van der Waals surface area contributed by atoms with Gasteiger partial charge in [0.05, 0.1) is 5.56 Å². The van der Waals surface area contributed by atoms with Crippen molar-refractivity contribution < 1.29 is 18.7 Å². The first-order chi connectivity index (χ1) is 12.5. The molecule has 0 aliphatic carbocycles. The van der Waals surface area contributed by atoms with Gasteiger partial charge in [-0.05, 0) is 48.5 Å². The van der Waals surface area contributed by atoms with E-state index in [1.165, 1.54) is 36.4 Å². The molecule has 0 saturated heterocycles. The number of carbonyl (C=O) groups is 1. The number of nitrogens with zero attached hydrogens (tertiary/aromatic N) is 3. The Labute approximate surface area is 147 Å². The summed E-state index contributed by atoms with van der Waals surface area (Å²) in [6.45, 7) is -0.191. The minimum absolute atomic E-state index is 0.0501. The third-order valence-corrected chi connectivity index (χ3v) is 3.19. The lowest BCUT2D eigenvalue weighted by Crippen LogP contribution is -2.11. The van der Waals surface area contributed by atoms with Gasteiger partial charge in [0.1, 0.15) is 17.3 Å². The summed E-state index contributed by atoms with van der Waals surface area (Å²) in [7, 11) is 0. The van der Waals surface area contributed by atoms with E-state index in [1.54, 1.807) is 12.1 Å². The van der Waals surface area contributed by atoms with Crippen LogP contribution in [-0.2, 0) is 11.3 Å². The van der Waals surface area contributed by atoms with Crippen LogP contribution in [0, 0.1) is 5.82 Å². The lowest BCUT2D eigenvalue weighted by Gasteiger charge is -2.07. The predicted octanol–water partition coefficient (Wildman–Crippen LogP) is 2.32. The quantitative estimate of drug-likeness (QED) is 0.668. The Morgan fingerprint density at radius 2 is 1.42 bits per heavy atom. The fourth-order valence-electron chi connectivity index (χ4n) is 2.03. The molecule has 3 rings (SSSR count). The molecule has 9 heteroatoms. The molecule has 0 saturated carbocycles. The number of carbonyl (C=O) groups excluding carboxylic acids is 1. The number of hydrogen-bond donors (Lipinski definition) is 2. The minimum Gasteiger partial charge on any atom is -0.457 e. The number of rotatable bonds is 5. The molecule has 1 heterocycles. The first kappa shape index (κ1) is 17.1. The molecule has 0 atom stereocenters. The summed E-state index contributed by atoms with van der Waals surface area (Å²) in [5, 5.41) is 0. The van der Waals surface area contributed by atoms with E-state index in [9.17, 15) is 9.18 Å². The maximum atomic E-state index is 12.9. The Bertz CT molecular complexity index is 896. The summed E-state index contributed by atoms with van der Waals surface area (Å²) < 4.78 is 23.5. The molecule has 8 nitrogen and oxygen atoms in total. The molecule has 0 bridgehead atoms. The molecule has 0 radical (unpaired) electrons. The Kier molecular flexibility index (Phi) is 4.88. The summed E-state index contributed by atoms with van der Waals surface area (Å²) in [5.41, 5.74) is 11.2. The zero-order valence-electron chi connectivity index (χ0n) is 13.4. The number of hydrogen-bond acceptors (Lipinski definition) is 8. The number of esters is 1. The highest BCUT2D eigenvalue weighted by molar-refractivity contribution is 5.89. The number of ether oxygens (including phenoxy) is 2. The maximum absolute atomic E-state index is 12.9. The van der Waals surface area contributed by atoms with E-state index in [0.717, 1.165) is 0 Å². The summed E-state index contributed by atoms with van der Waals surface area (Å²) in [6.07, 6.45) is 0. The molecule has 1 aromatic heterocycles. The molecule has 0 amide bonds. The van der Waals surface area contributed by atoms with Crippen molar-refractivity contribution in [3.05, 3.63) is 65.7 Å². The van der Waals surface area contributed by atoms with Gasteiger partial charge in [-0.1, -0.05) is 0 Å². The predicted molar refractivity (Wildman–Crippen MR) is 90.7 cm³/mol. The highest BCUT2D eigenvalue weighted by atomic mass is 19.1. The summed E-state index contributed by atoms with van der Waals surface area (Å²) in [5.74, 6) is 0.0993. The second-order valence-electron chi connectivity index (χ2n) is 5.12. The molecular formula is C17H14FN5O3. The van der Waals surface area contributed by atoms with Gasteiger partial charge >= 0.3 is 5.97 Å². The minimum atomic E-state index is -0.573. The van der Waals surface area contributed by atoms with E-state index < -0.39 is 5.97 Å². The van der Waals surface area contributed by atoms with Crippen molar-refractivity contribution in [3.63, 3.8) is 0 Å². The van der Waals surface area contributed by atoms with Crippen molar-refractivity contribution in [1.29, 1.82) is 0 Å². The van der Waals surface area contributed by atoms with Gasteiger partial charge in [-0.2, -0.15) is 15.0 Å². The molecule has 2 aromatic carbocycles. The highest BCUT2D eigenvalue weighted by Crippen LogP contribution is 2.22. The molecule has 26 heavy (non-hydrogen) atoms. The molecule has 4 N–H and O–H groups in total. The van der Waals surface area contributed by atoms with Gasteiger partial charge in [0.15, 0.2) is 12.4 Å². The largest absolute Gasteiger partial charge is 0.457 e. The van der Waals surface area contributed by atoms with Crippen molar-refractivity contribution in [2.45, 2.75) is 6.61 Å². The fourth-order valence-corrected chi connectivity index (χ4v) is 2.03. The molecule has 0 aliphatic rings. The highest BCUT2D eigenvalue weighted by Gasteiger charge is 2.10. The average molecular weight is 355 g/mol. The van der Waals surface area contributed by atoms with Gasteiger partial charge in [0.25, 0.3) is 0 Å². The molecule has 3 aromatic rings. The molecule has 0 aliphatic heterocycles. The maximum Gasteiger partial charge on any atom is 0.338 e. The van der Waals surface area contributed by atoms with Crippen molar-refractivity contribution in [1.82, 2.24) is 15.0 Å². The third-order valence-electron chi connectivity index (χ3n) is 3.19. The zero-order valence-corrected chi connectivity index (χ0v) is 13.4. The molecular weight excluding hydrogens is 341 g/mol. The van der Waals surface area contributed by atoms with E-state index in [0.29, 0.717) is 17.1 Å². The van der Waals surface area contributed by atoms with Crippen LogP contribution in [0.25, 0.3) is 0 Å². The van der Waals surface area contributed by atoms with Gasteiger partial charge in [-0.25, -0.2) is 9.18 Å². The van der Waals surface area contributed by atoms with Crippen LogP contribution in [0.5, 0.6) is 11.5 Å². The summed E-state index contributed by atoms with van der Waals surface area (Å²) in [6, 6.07) is 11.9. The van der Waals surface area contributed by atoms with Crippen molar-refractivity contribution >= 4 is 17.9 Å². The van der Waals surface area contributed by atoms with Crippen LogP contribution < -0.4 is 16.2 Å². The van der Waals surface area contributed by atoms with Gasteiger partial charge in [0, 0.05) is 0 Å². The fraction of sp³-hybridized carbons (Fsp3) is 0.0588. The first-order valence-corrected chi connectivity index (χ1v) is 7.46. The van der Waals surface area contributed by atoms with Crippen LogP contribution in [0.15, 0.2) is 48.5 Å². The normalized spacial score (nSPS) is 10.3. The van der Waals surface area contributed by atoms with Crippen LogP contribution in [-0.4, -0.2) is 20.9 Å². The number of nitrogen functional groups attached to an aromatic ring is 2. The van der Waals surface area contributed by atoms with E-state index in [4.69, 9.17) is 20.9 Å². The number of aromatic nitrogens is 3. The number of benzene rings is 2. The number of halogens is 1.